The van der Waals surface area contributed by atoms with Gasteiger partial charge in [-0.2, -0.15) is 0 Å². The molecule has 0 heterocycles. The van der Waals surface area contributed by atoms with E-state index in [-0.39, 0.29) is 5.88 Å². The molecule has 0 aliphatic carbocycles. The van der Waals surface area contributed by atoms with Gasteiger partial charge in [-0.3, -0.25) is 4.79 Å². The highest BCUT2D eigenvalue weighted by Gasteiger charge is 2.11. The lowest BCUT2D eigenvalue weighted by Gasteiger charge is -2.15. The molecule has 2 rings (SSSR count). The molecule has 0 amide bonds. The molecule has 110 valence electrons. The van der Waals surface area contributed by atoms with E-state index in [4.69, 9.17) is 23.2 Å². The minimum atomic E-state index is -0.642. The summed E-state index contributed by atoms with van der Waals surface area (Å²) >= 11 is 11.7. The minimum Gasteiger partial charge on any atom is -0.390 e. The Balaban J connectivity index is 2.41. The number of rotatable bonds is 6. The molecule has 0 aliphatic rings. The quantitative estimate of drug-likeness (QED) is 0.627. The van der Waals surface area contributed by atoms with Crippen molar-refractivity contribution >= 4 is 35.2 Å². The molecule has 0 bridgehead atoms. The number of carbonyl (C=O) groups is 1. The predicted octanol–water partition coefficient (Wildman–Crippen LogP) is 3.83. The number of aliphatic hydroxyl groups is 1. The van der Waals surface area contributed by atoms with E-state index in [9.17, 15) is 9.90 Å². The van der Waals surface area contributed by atoms with Gasteiger partial charge >= 0.3 is 0 Å². The Morgan fingerprint density at radius 3 is 2.67 bits per heavy atom. The van der Waals surface area contributed by atoms with Gasteiger partial charge in [0, 0.05) is 28.4 Å². The van der Waals surface area contributed by atoms with E-state index in [1.54, 1.807) is 18.2 Å². The van der Waals surface area contributed by atoms with Gasteiger partial charge in [-0.05, 0) is 23.8 Å². The number of hydrogen-bond acceptors (Lipinski definition) is 3. The fourth-order valence-electron chi connectivity index (χ4n) is 2.02. The number of alkyl halides is 1. The number of nitrogens with one attached hydrogen (secondary N) is 1. The van der Waals surface area contributed by atoms with Gasteiger partial charge in [0.15, 0.2) is 6.29 Å². The fraction of sp³-hybridized carbons (Fsp3) is 0.188. The molecule has 1 atom stereocenters. The van der Waals surface area contributed by atoms with Crippen LogP contribution in [-0.4, -0.2) is 29.9 Å². The van der Waals surface area contributed by atoms with Crippen molar-refractivity contribution in [1.29, 1.82) is 0 Å². The van der Waals surface area contributed by atoms with Crippen LogP contribution in [0.25, 0.3) is 11.1 Å². The van der Waals surface area contributed by atoms with Gasteiger partial charge < -0.3 is 10.4 Å². The second-order valence-electron chi connectivity index (χ2n) is 4.58. The predicted molar refractivity (Wildman–Crippen MR) is 87.5 cm³/mol. The minimum absolute atomic E-state index is 0.154. The number of aldehydes is 1. The van der Waals surface area contributed by atoms with Gasteiger partial charge in [0.1, 0.15) is 0 Å². The molecular weight excluding hydrogens is 309 g/mol. The first-order valence-corrected chi connectivity index (χ1v) is 7.39. The van der Waals surface area contributed by atoms with Crippen molar-refractivity contribution in [3.8, 4) is 11.1 Å². The van der Waals surface area contributed by atoms with E-state index in [1.165, 1.54) is 0 Å². The summed E-state index contributed by atoms with van der Waals surface area (Å²) in [6.07, 6.45) is 0.171. The summed E-state index contributed by atoms with van der Waals surface area (Å²) in [5, 5.41) is 13.3. The van der Waals surface area contributed by atoms with Gasteiger partial charge in [0.25, 0.3) is 0 Å². The Morgan fingerprint density at radius 2 is 1.95 bits per heavy atom. The van der Waals surface area contributed by atoms with E-state index in [0.29, 0.717) is 17.1 Å². The maximum absolute atomic E-state index is 11.2. The molecule has 2 N–H and O–H groups in total. The zero-order chi connectivity index (χ0) is 15.2. The molecule has 5 heteroatoms. The second-order valence-corrected chi connectivity index (χ2v) is 5.33. The van der Waals surface area contributed by atoms with E-state index in [1.807, 2.05) is 24.3 Å². The first-order valence-electron chi connectivity index (χ1n) is 6.47. The highest BCUT2D eigenvalue weighted by Crippen LogP contribution is 2.32. The number of aliphatic hydroxyl groups excluding tert-OH is 1. The zero-order valence-corrected chi connectivity index (χ0v) is 12.7. The van der Waals surface area contributed by atoms with Crippen LogP contribution < -0.4 is 5.32 Å². The number of hydrogen-bond donors (Lipinski definition) is 2. The lowest BCUT2D eigenvalue weighted by atomic mass is 9.98. The van der Waals surface area contributed by atoms with E-state index in [2.05, 4.69) is 5.32 Å². The Bertz CT molecular complexity index is 631. The van der Waals surface area contributed by atoms with Crippen LogP contribution in [0.15, 0.2) is 42.5 Å². The van der Waals surface area contributed by atoms with Crippen LogP contribution in [0.4, 0.5) is 5.69 Å². The molecular formula is C16H15Cl2NO2. The molecule has 0 spiro atoms. The van der Waals surface area contributed by atoms with Crippen LogP contribution >= 0.6 is 23.2 Å². The number of benzene rings is 2. The van der Waals surface area contributed by atoms with Crippen LogP contribution in [0.2, 0.25) is 5.02 Å². The molecule has 0 aliphatic heterocycles. The van der Waals surface area contributed by atoms with Crippen LogP contribution in [0.1, 0.15) is 10.4 Å². The van der Waals surface area contributed by atoms with Crippen molar-refractivity contribution in [2.24, 2.45) is 0 Å². The average Bonchev–Trinajstić information content (AvgIpc) is 2.53. The first-order chi connectivity index (χ1) is 10.2. The summed E-state index contributed by atoms with van der Waals surface area (Å²) in [6, 6.07) is 12.6. The van der Waals surface area contributed by atoms with Crippen molar-refractivity contribution in [3.05, 3.63) is 53.1 Å². The third-order valence-corrected chi connectivity index (χ3v) is 3.66. The molecule has 0 saturated carbocycles. The summed E-state index contributed by atoms with van der Waals surface area (Å²) in [4.78, 5) is 11.2. The summed E-state index contributed by atoms with van der Waals surface area (Å²) < 4.78 is 0. The molecule has 0 radical (unpaired) electrons. The molecule has 21 heavy (non-hydrogen) atoms. The van der Waals surface area contributed by atoms with E-state index in [0.717, 1.165) is 23.1 Å². The van der Waals surface area contributed by atoms with Gasteiger partial charge in [0.05, 0.1) is 12.0 Å². The highest BCUT2D eigenvalue weighted by atomic mass is 35.5. The van der Waals surface area contributed by atoms with Gasteiger partial charge in [-0.25, -0.2) is 0 Å². The van der Waals surface area contributed by atoms with E-state index >= 15 is 0 Å². The average molecular weight is 324 g/mol. The van der Waals surface area contributed by atoms with Gasteiger partial charge in [0.2, 0.25) is 0 Å². The normalized spacial score (nSPS) is 12.0. The van der Waals surface area contributed by atoms with Crippen molar-refractivity contribution in [2.75, 3.05) is 17.7 Å². The lowest BCUT2D eigenvalue weighted by molar-refractivity contribution is 0.112. The Kier molecular flexibility index (Phi) is 5.62. The van der Waals surface area contributed by atoms with Crippen molar-refractivity contribution in [3.63, 3.8) is 0 Å². The monoisotopic (exact) mass is 323 g/mol. The Morgan fingerprint density at radius 1 is 1.19 bits per heavy atom. The summed E-state index contributed by atoms with van der Waals surface area (Å²) in [5.74, 6) is 0.154. The molecule has 2 aromatic rings. The van der Waals surface area contributed by atoms with Crippen LogP contribution in [0.5, 0.6) is 0 Å². The smallest absolute Gasteiger partial charge is 0.150 e. The third-order valence-electron chi connectivity index (χ3n) is 3.07. The lowest BCUT2D eigenvalue weighted by Crippen LogP contribution is -2.21. The van der Waals surface area contributed by atoms with Crippen LogP contribution in [0.3, 0.4) is 0 Å². The summed E-state index contributed by atoms with van der Waals surface area (Å²) in [5.41, 5.74) is 2.98. The van der Waals surface area contributed by atoms with E-state index < -0.39 is 6.10 Å². The van der Waals surface area contributed by atoms with Crippen molar-refractivity contribution < 1.29 is 9.90 Å². The number of anilines is 1. The standard InChI is InChI=1S/C16H15Cl2NO2/c17-8-13(21)9-19-16-6-5-12(18)7-15(16)14-4-2-1-3-11(14)10-20/h1-7,10,13,19,21H,8-9H2. The highest BCUT2D eigenvalue weighted by molar-refractivity contribution is 6.31. The Labute approximate surface area is 133 Å². The van der Waals surface area contributed by atoms with Gasteiger partial charge in [-0.15, -0.1) is 11.6 Å². The maximum atomic E-state index is 11.2. The molecule has 0 fully saturated rings. The Hall–Kier alpha value is -1.55. The molecule has 3 nitrogen and oxygen atoms in total. The molecule has 2 aromatic carbocycles. The van der Waals surface area contributed by atoms with Crippen molar-refractivity contribution in [1.82, 2.24) is 0 Å². The SMILES string of the molecule is O=Cc1ccccc1-c1cc(Cl)ccc1NCC(O)CCl. The first kappa shape index (κ1) is 15.8. The largest absolute Gasteiger partial charge is 0.390 e. The number of halogens is 2. The second kappa shape index (κ2) is 7.46. The summed E-state index contributed by atoms with van der Waals surface area (Å²) in [7, 11) is 0. The van der Waals surface area contributed by atoms with Crippen molar-refractivity contribution in [2.45, 2.75) is 6.10 Å². The molecule has 1 unspecified atom stereocenters. The molecule has 0 aromatic heterocycles. The van der Waals surface area contributed by atoms with Gasteiger partial charge in [-0.1, -0.05) is 35.9 Å². The maximum Gasteiger partial charge on any atom is 0.150 e. The summed E-state index contributed by atoms with van der Waals surface area (Å²) in [6.45, 7) is 0.321. The van der Waals surface area contributed by atoms with Crippen LogP contribution in [0, 0.1) is 0 Å². The zero-order valence-electron chi connectivity index (χ0n) is 11.2. The fourth-order valence-corrected chi connectivity index (χ4v) is 2.30. The number of carbonyl (C=O) groups excluding carboxylic acids is 1. The van der Waals surface area contributed by atoms with Crippen LogP contribution in [-0.2, 0) is 0 Å². The topological polar surface area (TPSA) is 49.3 Å². The molecule has 0 saturated heterocycles. The third kappa shape index (κ3) is 3.97.